The zero-order chi connectivity index (χ0) is 12.5. The van der Waals surface area contributed by atoms with Crippen molar-refractivity contribution < 1.29 is 26.7 Å². The number of thioether (sulfide) groups is 1. The van der Waals surface area contributed by atoms with Crippen molar-refractivity contribution in [2.75, 3.05) is 6.26 Å². The minimum absolute atomic E-state index is 0.642. The van der Waals surface area contributed by atoms with Gasteiger partial charge in [0.1, 0.15) is 0 Å². The molecule has 0 atom stereocenters. The third-order valence-electron chi connectivity index (χ3n) is 1.85. The summed E-state index contributed by atoms with van der Waals surface area (Å²) in [5, 5.41) is -0.691. The Labute approximate surface area is 91.6 Å². The molecule has 88 valence electrons. The molecule has 0 aliphatic heterocycles. The largest absolute Gasteiger partial charge is 0.287 e. The van der Waals surface area contributed by atoms with Crippen molar-refractivity contribution >= 4 is 16.9 Å². The minimum atomic E-state index is -2.23. The Kier molecular flexibility index (Phi) is 3.90. The number of hydrogen-bond acceptors (Lipinski definition) is 2. The van der Waals surface area contributed by atoms with Gasteiger partial charge in [-0.15, -0.1) is 0 Å². The maximum atomic E-state index is 13.0. The van der Waals surface area contributed by atoms with Gasteiger partial charge in [0.05, 0.1) is 0 Å². The van der Waals surface area contributed by atoms with Crippen LogP contribution in [0.3, 0.4) is 0 Å². The Bertz CT molecular complexity index is 417. The van der Waals surface area contributed by atoms with Gasteiger partial charge in [-0.2, -0.15) is 0 Å². The summed E-state index contributed by atoms with van der Waals surface area (Å²) in [7, 11) is 0. The van der Waals surface area contributed by atoms with Crippen LogP contribution >= 0.6 is 11.8 Å². The Hall–Kier alpha value is -1.11. The Morgan fingerprint density at radius 1 is 0.938 bits per heavy atom. The number of halogens is 5. The van der Waals surface area contributed by atoms with Crippen molar-refractivity contribution in [3.8, 4) is 0 Å². The number of carbonyl (C=O) groups excluding carboxylic acids is 1. The van der Waals surface area contributed by atoms with Gasteiger partial charge in [-0.25, -0.2) is 22.0 Å². The third kappa shape index (κ3) is 2.18. The lowest BCUT2D eigenvalue weighted by molar-refractivity contribution is -0.110. The molecule has 0 fully saturated rings. The second-order valence-electron chi connectivity index (χ2n) is 2.80. The van der Waals surface area contributed by atoms with Gasteiger partial charge in [0.25, 0.3) is 0 Å². The molecule has 0 aliphatic rings. The summed E-state index contributed by atoms with van der Waals surface area (Å²) in [6.45, 7) is 0. The molecule has 0 bridgehead atoms. The number of benzene rings is 1. The smallest absolute Gasteiger partial charge is 0.200 e. The Morgan fingerprint density at radius 3 is 1.69 bits per heavy atom. The molecule has 0 spiro atoms. The molecule has 7 heteroatoms. The predicted octanol–water partition coefficient (Wildman–Crippen LogP) is 2.81. The molecule has 1 rings (SSSR count). The lowest BCUT2D eigenvalue weighted by Gasteiger charge is -2.06. The second kappa shape index (κ2) is 4.82. The summed E-state index contributed by atoms with van der Waals surface area (Å²) in [5.74, 6) is -10.2. The van der Waals surface area contributed by atoms with Gasteiger partial charge in [0.15, 0.2) is 28.4 Å². The van der Waals surface area contributed by atoms with Crippen LogP contribution in [0.25, 0.3) is 0 Å². The summed E-state index contributed by atoms with van der Waals surface area (Å²) in [6, 6.07) is 0. The highest BCUT2D eigenvalue weighted by molar-refractivity contribution is 8.13. The highest BCUT2D eigenvalue weighted by Crippen LogP contribution is 2.24. The monoisotopic (exact) mass is 256 g/mol. The predicted molar refractivity (Wildman–Crippen MR) is 48.5 cm³/mol. The molecule has 0 aromatic heterocycles. The van der Waals surface area contributed by atoms with Crippen LogP contribution in [0.4, 0.5) is 22.0 Å². The normalized spacial score (nSPS) is 10.6. The van der Waals surface area contributed by atoms with Crippen LogP contribution in [0.1, 0.15) is 5.56 Å². The van der Waals surface area contributed by atoms with E-state index in [-0.39, 0.29) is 0 Å². The minimum Gasteiger partial charge on any atom is -0.287 e. The first-order valence-electron chi connectivity index (χ1n) is 3.97. The maximum Gasteiger partial charge on any atom is 0.200 e. The second-order valence-corrected chi connectivity index (χ2v) is 3.66. The summed E-state index contributed by atoms with van der Waals surface area (Å²) in [6.07, 6.45) is 0.501. The van der Waals surface area contributed by atoms with Crippen LogP contribution in [-0.2, 0) is 11.2 Å². The molecule has 0 heterocycles. The molecule has 0 saturated carbocycles. The van der Waals surface area contributed by atoms with Crippen molar-refractivity contribution in [2.45, 2.75) is 6.42 Å². The molecule has 0 amide bonds. The maximum absolute atomic E-state index is 13.0. The van der Waals surface area contributed by atoms with Crippen LogP contribution in [0.15, 0.2) is 0 Å². The number of rotatable bonds is 2. The van der Waals surface area contributed by atoms with Crippen molar-refractivity contribution in [3.05, 3.63) is 34.6 Å². The molecular weight excluding hydrogens is 251 g/mol. The van der Waals surface area contributed by atoms with Crippen LogP contribution in [0.5, 0.6) is 0 Å². The van der Waals surface area contributed by atoms with Gasteiger partial charge < -0.3 is 0 Å². The van der Waals surface area contributed by atoms with E-state index in [1.54, 1.807) is 0 Å². The summed E-state index contributed by atoms with van der Waals surface area (Å²) < 4.78 is 64.0. The highest BCUT2D eigenvalue weighted by Gasteiger charge is 2.26. The quantitative estimate of drug-likeness (QED) is 0.460. The molecule has 0 saturated heterocycles. The molecule has 1 aromatic carbocycles. The van der Waals surface area contributed by atoms with E-state index in [4.69, 9.17) is 0 Å². The van der Waals surface area contributed by atoms with Crippen LogP contribution < -0.4 is 0 Å². The van der Waals surface area contributed by atoms with Gasteiger partial charge in [0, 0.05) is 12.0 Å². The van der Waals surface area contributed by atoms with Gasteiger partial charge in [-0.05, 0) is 6.26 Å². The van der Waals surface area contributed by atoms with Gasteiger partial charge >= 0.3 is 0 Å². The van der Waals surface area contributed by atoms with Crippen LogP contribution in [-0.4, -0.2) is 11.4 Å². The molecule has 0 aliphatic carbocycles. The van der Waals surface area contributed by atoms with E-state index in [1.165, 1.54) is 6.26 Å². The van der Waals surface area contributed by atoms with E-state index in [1.807, 2.05) is 0 Å². The van der Waals surface area contributed by atoms with Crippen molar-refractivity contribution in [1.29, 1.82) is 0 Å². The third-order valence-corrected chi connectivity index (χ3v) is 2.45. The lowest BCUT2D eigenvalue weighted by Crippen LogP contribution is -2.10. The fourth-order valence-electron chi connectivity index (χ4n) is 1.02. The van der Waals surface area contributed by atoms with E-state index in [9.17, 15) is 26.7 Å². The SMILES string of the molecule is CSC(=O)Cc1c(F)c(F)c(F)c(F)c1F. The number of hydrogen-bond donors (Lipinski definition) is 0. The first-order valence-corrected chi connectivity index (χ1v) is 5.19. The van der Waals surface area contributed by atoms with E-state index in [0.29, 0.717) is 11.8 Å². The molecule has 0 radical (unpaired) electrons. The van der Waals surface area contributed by atoms with Crippen LogP contribution in [0.2, 0.25) is 0 Å². The van der Waals surface area contributed by atoms with E-state index < -0.39 is 46.2 Å². The topological polar surface area (TPSA) is 17.1 Å². The number of carbonyl (C=O) groups is 1. The van der Waals surface area contributed by atoms with Crippen LogP contribution in [0, 0.1) is 29.1 Å². The summed E-state index contributed by atoms with van der Waals surface area (Å²) in [4.78, 5) is 10.9. The highest BCUT2D eigenvalue weighted by atomic mass is 32.2. The first kappa shape index (κ1) is 13.0. The van der Waals surface area contributed by atoms with Gasteiger partial charge in [0.2, 0.25) is 5.82 Å². The standard InChI is InChI=1S/C9H5F5OS/c1-16-4(15)2-3-5(10)7(12)9(14)8(13)6(3)11/h2H2,1H3. The molecule has 1 nitrogen and oxygen atoms in total. The van der Waals surface area contributed by atoms with E-state index >= 15 is 0 Å². The van der Waals surface area contributed by atoms with Crippen molar-refractivity contribution in [2.24, 2.45) is 0 Å². The first-order chi connectivity index (χ1) is 7.40. The summed E-state index contributed by atoms with van der Waals surface area (Å²) in [5.41, 5.74) is -1.10. The zero-order valence-corrected chi connectivity index (χ0v) is 8.73. The average molecular weight is 256 g/mol. The van der Waals surface area contributed by atoms with E-state index in [2.05, 4.69) is 0 Å². The average Bonchev–Trinajstić information content (AvgIpc) is 2.29. The van der Waals surface area contributed by atoms with Crippen molar-refractivity contribution in [1.82, 2.24) is 0 Å². The fourth-order valence-corrected chi connectivity index (χ4v) is 1.31. The Balaban J connectivity index is 3.34. The fraction of sp³-hybridized carbons (Fsp3) is 0.222. The zero-order valence-electron chi connectivity index (χ0n) is 7.91. The van der Waals surface area contributed by atoms with E-state index in [0.717, 1.165) is 0 Å². The Morgan fingerprint density at radius 2 is 1.31 bits per heavy atom. The molecule has 16 heavy (non-hydrogen) atoms. The molecular formula is C9H5F5OS. The molecule has 0 unspecified atom stereocenters. The lowest BCUT2D eigenvalue weighted by atomic mass is 10.1. The summed E-state index contributed by atoms with van der Waals surface area (Å²) >= 11 is 0.642. The molecule has 0 N–H and O–H groups in total. The van der Waals surface area contributed by atoms with Gasteiger partial charge in [-0.3, -0.25) is 4.79 Å². The van der Waals surface area contributed by atoms with Crippen molar-refractivity contribution in [3.63, 3.8) is 0 Å². The van der Waals surface area contributed by atoms with Gasteiger partial charge in [-0.1, -0.05) is 11.8 Å². The molecule has 1 aromatic rings.